The van der Waals surface area contributed by atoms with E-state index >= 15 is 13.2 Å². The summed E-state index contributed by atoms with van der Waals surface area (Å²) in [4.78, 5) is 4.78. The van der Waals surface area contributed by atoms with Crippen molar-refractivity contribution in [3.63, 3.8) is 0 Å². The Hall–Kier alpha value is -4.32. The first-order chi connectivity index (χ1) is 24.2. The van der Waals surface area contributed by atoms with Crippen LogP contribution < -0.4 is 20.3 Å². The Balaban J connectivity index is 1.56. The Kier molecular flexibility index (Phi) is 9.78. The van der Waals surface area contributed by atoms with Crippen molar-refractivity contribution < 1.29 is 36.7 Å². The summed E-state index contributed by atoms with van der Waals surface area (Å²) in [7, 11) is 2.33. The van der Waals surface area contributed by atoms with Gasteiger partial charge in [0.15, 0.2) is 5.54 Å². The van der Waals surface area contributed by atoms with Crippen LogP contribution in [0.15, 0.2) is 102 Å². The van der Waals surface area contributed by atoms with Crippen molar-refractivity contribution in [2.24, 2.45) is 10.4 Å². The molecule has 0 spiro atoms. The highest BCUT2D eigenvalue weighted by atomic mass is 19.3. The lowest BCUT2D eigenvalue weighted by molar-refractivity contribution is -0.214. The summed E-state index contributed by atoms with van der Waals surface area (Å²) in [5, 5.41) is 3.58. The number of alkyl halides is 2. The number of benzene rings is 4. The van der Waals surface area contributed by atoms with Crippen LogP contribution in [0, 0.1) is 11.2 Å². The highest BCUT2D eigenvalue weighted by Gasteiger charge is 2.64. The van der Waals surface area contributed by atoms with Crippen molar-refractivity contribution in [1.29, 1.82) is 0 Å². The lowest BCUT2D eigenvalue weighted by Gasteiger charge is -2.42. The van der Waals surface area contributed by atoms with Gasteiger partial charge in [-0.05, 0) is 73.3 Å². The average Bonchev–Trinajstić information content (AvgIpc) is 3.19. The van der Waals surface area contributed by atoms with Crippen molar-refractivity contribution >= 4 is 18.4 Å². The van der Waals surface area contributed by atoms with E-state index in [2.05, 4.69) is 5.32 Å². The van der Waals surface area contributed by atoms with E-state index in [1.807, 2.05) is 92.7 Å². The number of methoxy groups -OCH3 is 2. The lowest BCUT2D eigenvalue weighted by Crippen LogP contribution is -2.56. The third kappa shape index (κ3) is 6.63. The number of amidine groups is 1. The summed E-state index contributed by atoms with van der Waals surface area (Å²) in [5.74, 6) is -3.16. The zero-order chi connectivity index (χ0) is 36.7. The molecule has 0 amide bonds. The Morgan fingerprint density at radius 3 is 1.80 bits per heavy atom. The number of nitrogens with zero attached hydrogens (tertiary/aromatic N) is 1. The van der Waals surface area contributed by atoms with Crippen LogP contribution in [0.25, 0.3) is 0 Å². The predicted octanol–water partition coefficient (Wildman–Crippen LogP) is 7.25. The molecule has 1 unspecified atom stereocenters. The number of hydrogen-bond donors (Lipinski definition) is 1. The zero-order valence-electron chi connectivity index (χ0n) is 30.1. The Morgan fingerprint density at radius 2 is 1.27 bits per heavy atom. The standard InChI is InChI=1S/C40H44BF3N2O5/c1-36(2)25-50-41(51-26-36)30-17-22-34(42)33(23-30)38(5)40(43,44)37(3,4)49-24-35(45-38)46-39(27-11-9-8-10-12-27,28-13-18-31(47-6)19-14-28)29-15-20-32(48-7)21-16-29/h8-23H,24-26H2,1-7H3,(H,45,46). The van der Waals surface area contributed by atoms with E-state index in [-0.39, 0.29) is 23.4 Å². The maximum absolute atomic E-state index is 17.1. The average molecular weight is 701 g/mol. The molecule has 1 N–H and O–H groups in total. The fourth-order valence-electron chi connectivity index (χ4n) is 6.84. The first kappa shape index (κ1) is 36.5. The van der Waals surface area contributed by atoms with Crippen molar-refractivity contribution in [1.82, 2.24) is 5.32 Å². The van der Waals surface area contributed by atoms with Crippen molar-refractivity contribution in [3.05, 3.63) is 125 Å². The molecule has 1 saturated heterocycles. The van der Waals surface area contributed by atoms with Crippen LogP contribution in [0.2, 0.25) is 0 Å². The molecule has 0 radical (unpaired) electrons. The number of hydrogen-bond acceptors (Lipinski definition) is 7. The molecular weight excluding hydrogens is 656 g/mol. The molecule has 0 bridgehead atoms. The molecule has 4 aromatic carbocycles. The van der Waals surface area contributed by atoms with Crippen LogP contribution in [0.5, 0.6) is 11.5 Å². The van der Waals surface area contributed by atoms with Gasteiger partial charge in [0.05, 0.1) is 14.2 Å². The highest BCUT2D eigenvalue weighted by molar-refractivity contribution is 6.61. The minimum absolute atomic E-state index is 0.0926. The van der Waals surface area contributed by atoms with E-state index < -0.39 is 35.5 Å². The van der Waals surface area contributed by atoms with Gasteiger partial charge in [0, 0.05) is 24.2 Å². The van der Waals surface area contributed by atoms with Crippen LogP contribution in [-0.2, 0) is 25.1 Å². The van der Waals surface area contributed by atoms with E-state index in [9.17, 15) is 0 Å². The molecule has 2 aliphatic heterocycles. The second kappa shape index (κ2) is 13.7. The largest absolute Gasteiger partial charge is 0.497 e. The third-order valence-corrected chi connectivity index (χ3v) is 9.92. The summed E-state index contributed by atoms with van der Waals surface area (Å²) in [5.41, 5.74) is -3.47. The first-order valence-corrected chi connectivity index (χ1v) is 16.9. The number of rotatable bonds is 8. The van der Waals surface area contributed by atoms with Gasteiger partial charge >= 0.3 is 13.0 Å². The van der Waals surface area contributed by atoms with Gasteiger partial charge in [-0.3, -0.25) is 4.99 Å². The number of nitrogens with one attached hydrogen (secondary N) is 1. The first-order valence-electron chi connectivity index (χ1n) is 16.9. The Bertz CT molecular complexity index is 1810. The number of halogens is 3. The molecule has 2 heterocycles. The molecule has 11 heteroatoms. The predicted molar refractivity (Wildman–Crippen MR) is 193 cm³/mol. The molecular formula is C40H44BF3N2O5. The molecule has 7 nitrogen and oxygen atoms in total. The van der Waals surface area contributed by atoms with Gasteiger partial charge in [0.2, 0.25) is 0 Å². The summed E-state index contributed by atoms with van der Waals surface area (Å²) >= 11 is 0. The van der Waals surface area contributed by atoms with Gasteiger partial charge in [0.25, 0.3) is 0 Å². The highest BCUT2D eigenvalue weighted by Crippen LogP contribution is 2.51. The second-order valence-corrected chi connectivity index (χ2v) is 14.6. The quantitative estimate of drug-likeness (QED) is 0.154. The monoisotopic (exact) mass is 700 g/mol. The molecule has 6 rings (SSSR count). The lowest BCUT2D eigenvalue weighted by atomic mass is 9.72. The Labute approximate surface area is 298 Å². The normalized spacial score (nSPS) is 21.3. The molecule has 268 valence electrons. The van der Waals surface area contributed by atoms with Gasteiger partial charge < -0.3 is 28.8 Å². The summed E-state index contributed by atoms with van der Waals surface area (Å²) in [6.45, 7) is 8.34. The molecule has 4 aromatic rings. The van der Waals surface area contributed by atoms with E-state index in [0.717, 1.165) is 16.7 Å². The van der Waals surface area contributed by atoms with Crippen LogP contribution >= 0.6 is 0 Å². The molecule has 0 saturated carbocycles. The van der Waals surface area contributed by atoms with Gasteiger partial charge in [-0.25, -0.2) is 13.2 Å². The maximum atomic E-state index is 17.1. The molecule has 1 atom stereocenters. The van der Waals surface area contributed by atoms with Gasteiger partial charge in [-0.2, -0.15) is 0 Å². The molecule has 51 heavy (non-hydrogen) atoms. The van der Waals surface area contributed by atoms with Crippen LogP contribution in [0.1, 0.15) is 56.9 Å². The minimum atomic E-state index is -3.70. The second-order valence-electron chi connectivity index (χ2n) is 14.6. The zero-order valence-corrected chi connectivity index (χ0v) is 30.1. The summed E-state index contributed by atoms with van der Waals surface area (Å²) < 4.78 is 79.0. The van der Waals surface area contributed by atoms with Crippen molar-refractivity contribution in [2.45, 2.75) is 57.2 Å². The van der Waals surface area contributed by atoms with Crippen LogP contribution in [0.4, 0.5) is 13.2 Å². The van der Waals surface area contributed by atoms with E-state index in [4.69, 9.17) is 28.5 Å². The SMILES string of the molecule is COc1ccc(C(NC2=NC(C)(c3cc(B4OCC(C)(C)CO4)ccc3F)C(F)(F)C(C)(C)OC2)(c2ccccc2)c2ccc(OC)cc2)cc1. The molecule has 0 aliphatic carbocycles. The molecule has 2 aliphatic rings. The van der Waals surface area contributed by atoms with Gasteiger partial charge in [0.1, 0.15) is 40.9 Å². The molecule has 0 aromatic heterocycles. The fourth-order valence-corrected chi connectivity index (χ4v) is 6.84. The van der Waals surface area contributed by atoms with E-state index in [1.165, 1.54) is 39.0 Å². The maximum Gasteiger partial charge on any atom is 0.493 e. The summed E-state index contributed by atoms with van der Waals surface area (Å²) in [6.07, 6.45) is 0. The van der Waals surface area contributed by atoms with Crippen LogP contribution in [0.3, 0.4) is 0 Å². The third-order valence-electron chi connectivity index (χ3n) is 9.92. The van der Waals surface area contributed by atoms with Gasteiger partial charge in [-0.15, -0.1) is 0 Å². The van der Waals surface area contributed by atoms with Gasteiger partial charge in [-0.1, -0.05) is 80.6 Å². The van der Waals surface area contributed by atoms with E-state index in [1.54, 1.807) is 14.2 Å². The van der Waals surface area contributed by atoms with Crippen molar-refractivity contribution in [2.75, 3.05) is 34.0 Å². The number of aliphatic imine (C=N–C) groups is 1. The minimum Gasteiger partial charge on any atom is -0.497 e. The van der Waals surface area contributed by atoms with Crippen molar-refractivity contribution in [3.8, 4) is 11.5 Å². The number of ether oxygens (including phenoxy) is 3. The summed E-state index contributed by atoms with van der Waals surface area (Å²) in [6, 6.07) is 28.6. The van der Waals surface area contributed by atoms with Crippen LogP contribution in [-0.4, -0.2) is 58.5 Å². The smallest absolute Gasteiger partial charge is 0.493 e. The topological polar surface area (TPSA) is 70.5 Å². The molecule has 1 fully saturated rings. The Morgan fingerprint density at radius 1 is 0.745 bits per heavy atom. The fraction of sp³-hybridized carbons (Fsp3) is 0.375. The van der Waals surface area contributed by atoms with E-state index in [0.29, 0.717) is 30.2 Å².